The van der Waals surface area contributed by atoms with Gasteiger partial charge in [-0.1, -0.05) is 19.1 Å². The molecule has 1 aromatic carbocycles. The van der Waals surface area contributed by atoms with E-state index in [0.717, 1.165) is 24.2 Å². The van der Waals surface area contributed by atoms with E-state index in [9.17, 15) is 4.39 Å². The molecule has 0 radical (unpaired) electrons. The van der Waals surface area contributed by atoms with Crippen molar-refractivity contribution < 1.29 is 8.81 Å². The largest absolute Gasteiger partial charge is 0.460 e. The van der Waals surface area contributed by atoms with Gasteiger partial charge in [0, 0.05) is 6.42 Å². The summed E-state index contributed by atoms with van der Waals surface area (Å²) >= 11 is 0. The summed E-state index contributed by atoms with van der Waals surface area (Å²) in [4.78, 5) is 0. The van der Waals surface area contributed by atoms with Gasteiger partial charge in [-0.15, -0.1) is 0 Å². The Balaban J connectivity index is 2.12. The first-order valence-corrected chi connectivity index (χ1v) is 6.53. The van der Waals surface area contributed by atoms with Gasteiger partial charge >= 0.3 is 0 Å². The summed E-state index contributed by atoms with van der Waals surface area (Å²) in [6.07, 6.45) is 3.23. The topological polar surface area (TPSA) is 13.1 Å². The van der Waals surface area contributed by atoms with Crippen LogP contribution in [0.4, 0.5) is 4.39 Å². The van der Waals surface area contributed by atoms with Gasteiger partial charge in [-0.3, -0.25) is 0 Å². The predicted octanol–water partition coefficient (Wildman–Crippen LogP) is 4.52. The number of fused-ring (bicyclic) bond motifs is 1. The van der Waals surface area contributed by atoms with Crippen LogP contribution in [0.25, 0.3) is 11.3 Å². The van der Waals surface area contributed by atoms with Gasteiger partial charge in [0.15, 0.2) is 0 Å². The van der Waals surface area contributed by atoms with E-state index in [-0.39, 0.29) is 5.82 Å². The van der Waals surface area contributed by atoms with Gasteiger partial charge in [0.05, 0.1) is 5.56 Å². The molecule has 1 aliphatic rings. The molecule has 1 atom stereocenters. The van der Waals surface area contributed by atoms with E-state index in [2.05, 4.69) is 6.92 Å². The molecular formula is C16H17FO. The first-order valence-electron chi connectivity index (χ1n) is 6.53. The van der Waals surface area contributed by atoms with Crippen LogP contribution in [0.1, 0.15) is 30.2 Å². The van der Waals surface area contributed by atoms with Crippen molar-refractivity contribution in [1.82, 2.24) is 0 Å². The van der Waals surface area contributed by atoms with Crippen molar-refractivity contribution in [3.05, 3.63) is 47.0 Å². The van der Waals surface area contributed by atoms with Crippen molar-refractivity contribution >= 4 is 0 Å². The average Bonchev–Trinajstić information content (AvgIpc) is 2.67. The Morgan fingerprint density at radius 3 is 2.83 bits per heavy atom. The summed E-state index contributed by atoms with van der Waals surface area (Å²) in [7, 11) is 0. The molecule has 2 heteroatoms. The second kappa shape index (κ2) is 4.27. The number of halogens is 1. The zero-order valence-electron chi connectivity index (χ0n) is 10.8. The molecule has 18 heavy (non-hydrogen) atoms. The average molecular weight is 244 g/mol. The van der Waals surface area contributed by atoms with Gasteiger partial charge in [-0.25, -0.2) is 4.39 Å². The maximum atomic E-state index is 13.8. The highest BCUT2D eigenvalue weighted by molar-refractivity contribution is 5.64. The maximum Gasteiger partial charge on any atom is 0.140 e. The molecule has 94 valence electrons. The molecule has 1 aromatic heterocycles. The van der Waals surface area contributed by atoms with Gasteiger partial charge in [0.1, 0.15) is 17.3 Å². The van der Waals surface area contributed by atoms with E-state index >= 15 is 0 Å². The fourth-order valence-corrected chi connectivity index (χ4v) is 2.81. The van der Waals surface area contributed by atoms with Crippen molar-refractivity contribution in [2.75, 3.05) is 0 Å². The number of benzene rings is 1. The molecule has 0 fully saturated rings. The Labute approximate surface area is 107 Å². The zero-order valence-corrected chi connectivity index (χ0v) is 10.8. The monoisotopic (exact) mass is 244 g/mol. The minimum atomic E-state index is -0.209. The zero-order chi connectivity index (χ0) is 12.7. The lowest BCUT2D eigenvalue weighted by Gasteiger charge is -2.16. The Kier molecular flexibility index (Phi) is 2.73. The lowest BCUT2D eigenvalue weighted by molar-refractivity contribution is 0.417. The molecule has 1 aliphatic carbocycles. The second-order valence-electron chi connectivity index (χ2n) is 5.29. The summed E-state index contributed by atoms with van der Waals surface area (Å²) in [5.41, 5.74) is 2.99. The minimum Gasteiger partial charge on any atom is -0.460 e. The first-order chi connectivity index (χ1) is 8.66. The van der Waals surface area contributed by atoms with Crippen molar-refractivity contribution in [2.24, 2.45) is 5.92 Å². The Hall–Kier alpha value is -1.57. The molecule has 0 spiro atoms. The molecule has 3 rings (SSSR count). The van der Waals surface area contributed by atoms with Crippen LogP contribution in [0, 0.1) is 18.7 Å². The Morgan fingerprint density at radius 1 is 1.28 bits per heavy atom. The van der Waals surface area contributed by atoms with E-state index in [4.69, 9.17) is 4.42 Å². The van der Waals surface area contributed by atoms with Gasteiger partial charge in [-0.2, -0.15) is 0 Å². The van der Waals surface area contributed by atoms with Crippen molar-refractivity contribution in [1.29, 1.82) is 0 Å². The molecule has 0 aliphatic heterocycles. The van der Waals surface area contributed by atoms with Crippen LogP contribution in [0.15, 0.2) is 28.7 Å². The molecule has 0 N–H and O–H groups in total. The number of rotatable bonds is 1. The van der Waals surface area contributed by atoms with Gasteiger partial charge < -0.3 is 4.42 Å². The molecule has 2 aromatic rings. The van der Waals surface area contributed by atoms with Crippen LogP contribution in [-0.2, 0) is 12.8 Å². The third kappa shape index (κ3) is 1.76. The molecule has 0 bridgehead atoms. The van der Waals surface area contributed by atoms with Crippen LogP contribution >= 0.6 is 0 Å². The van der Waals surface area contributed by atoms with E-state index in [0.29, 0.717) is 17.2 Å². The lowest BCUT2D eigenvalue weighted by atomic mass is 9.88. The summed E-state index contributed by atoms with van der Waals surface area (Å²) in [6.45, 7) is 4.28. The molecule has 0 amide bonds. The lowest BCUT2D eigenvalue weighted by Crippen LogP contribution is -2.09. The van der Waals surface area contributed by atoms with Gasteiger partial charge in [0.2, 0.25) is 0 Å². The minimum absolute atomic E-state index is 0.209. The summed E-state index contributed by atoms with van der Waals surface area (Å²) in [5.74, 6) is 2.23. The molecular weight excluding hydrogens is 227 g/mol. The number of hydrogen-bond donors (Lipinski definition) is 0. The maximum absolute atomic E-state index is 13.8. The van der Waals surface area contributed by atoms with Crippen LogP contribution in [0.3, 0.4) is 0 Å². The third-order valence-corrected chi connectivity index (χ3v) is 3.89. The van der Waals surface area contributed by atoms with Gasteiger partial charge in [-0.05, 0) is 48.9 Å². The highest BCUT2D eigenvalue weighted by Gasteiger charge is 2.24. The standard InChI is InChI=1S/C16H17FO/c1-10-7-8-12-11(2)16(18-15(12)9-10)13-5-3-4-6-14(13)17/h3-6,10H,7-9H2,1-2H3. The first kappa shape index (κ1) is 11.5. The second-order valence-corrected chi connectivity index (χ2v) is 5.29. The fraction of sp³-hybridized carbons (Fsp3) is 0.375. The smallest absolute Gasteiger partial charge is 0.140 e. The Morgan fingerprint density at radius 2 is 2.06 bits per heavy atom. The predicted molar refractivity (Wildman–Crippen MR) is 70.0 cm³/mol. The van der Waals surface area contributed by atoms with Crippen LogP contribution in [0.2, 0.25) is 0 Å². The summed E-state index contributed by atoms with van der Waals surface area (Å²) in [5, 5.41) is 0. The third-order valence-electron chi connectivity index (χ3n) is 3.89. The molecule has 1 unspecified atom stereocenters. The highest BCUT2D eigenvalue weighted by Crippen LogP contribution is 2.37. The van der Waals surface area contributed by atoms with Crippen molar-refractivity contribution in [3.8, 4) is 11.3 Å². The van der Waals surface area contributed by atoms with Crippen LogP contribution in [-0.4, -0.2) is 0 Å². The van der Waals surface area contributed by atoms with E-state index in [1.54, 1.807) is 12.1 Å². The molecule has 1 nitrogen and oxygen atoms in total. The van der Waals surface area contributed by atoms with E-state index in [1.165, 1.54) is 18.1 Å². The SMILES string of the molecule is Cc1c(-c2ccccc2F)oc2c1CCC(C)C2. The highest BCUT2D eigenvalue weighted by atomic mass is 19.1. The van der Waals surface area contributed by atoms with Crippen LogP contribution < -0.4 is 0 Å². The van der Waals surface area contributed by atoms with E-state index < -0.39 is 0 Å². The van der Waals surface area contributed by atoms with Crippen molar-refractivity contribution in [3.63, 3.8) is 0 Å². The number of hydrogen-bond acceptors (Lipinski definition) is 1. The normalized spacial score (nSPS) is 18.7. The molecule has 0 saturated heterocycles. The van der Waals surface area contributed by atoms with Crippen molar-refractivity contribution in [2.45, 2.75) is 33.1 Å². The fourth-order valence-electron chi connectivity index (χ4n) is 2.81. The summed E-state index contributed by atoms with van der Waals surface area (Å²) in [6, 6.07) is 6.83. The molecule has 0 saturated carbocycles. The molecule has 1 heterocycles. The Bertz CT molecular complexity index is 583. The van der Waals surface area contributed by atoms with Gasteiger partial charge in [0.25, 0.3) is 0 Å². The summed E-state index contributed by atoms with van der Waals surface area (Å²) < 4.78 is 19.8. The number of furan rings is 1. The van der Waals surface area contributed by atoms with Crippen LogP contribution in [0.5, 0.6) is 0 Å². The van der Waals surface area contributed by atoms with E-state index in [1.807, 2.05) is 13.0 Å². The quantitative estimate of drug-likeness (QED) is 0.719.